The van der Waals surface area contributed by atoms with Gasteiger partial charge >= 0.3 is 0 Å². The summed E-state index contributed by atoms with van der Waals surface area (Å²) in [4.78, 5) is 23.1. The molecule has 2 atom stereocenters. The monoisotopic (exact) mass is 289 g/mol. The highest BCUT2D eigenvalue weighted by Crippen LogP contribution is 2.16. The third kappa shape index (κ3) is 4.56. The Bertz CT molecular complexity index is 499. The first-order chi connectivity index (χ1) is 10.1. The molecule has 0 aromatic heterocycles. The number of benzene rings is 1. The fourth-order valence-corrected chi connectivity index (χ4v) is 2.61. The van der Waals surface area contributed by atoms with Crippen LogP contribution in [0.4, 0.5) is 5.69 Å². The lowest BCUT2D eigenvalue weighted by Gasteiger charge is -2.28. The molecule has 1 aromatic carbocycles. The van der Waals surface area contributed by atoms with E-state index in [1.807, 2.05) is 24.3 Å². The molecule has 0 radical (unpaired) electrons. The number of nitrogens with one attached hydrogen (secondary N) is 3. The van der Waals surface area contributed by atoms with Crippen LogP contribution in [0.3, 0.4) is 0 Å². The average Bonchev–Trinajstić information content (AvgIpc) is 2.46. The summed E-state index contributed by atoms with van der Waals surface area (Å²) in [5.74, 6) is 0.349. The highest BCUT2D eigenvalue weighted by atomic mass is 16.2. The predicted octanol–water partition coefficient (Wildman–Crippen LogP) is 1.65. The van der Waals surface area contributed by atoms with E-state index in [9.17, 15) is 9.59 Å². The Morgan fingerprint density at radius 2 is 2.00 bits per heavy atom. The smallest absolute Gasteiger partial charge is 0.237 e. The van der Waals surface area contributed by atoms with Crippen LogP contribution in [0.25, 0.3) is 0 Å². The van der Waals surface area contributed by atoms with Crippen LogP contribution in [0.2, 0.25) is 0 Å². The molecule has 3 N–H and O–H groups in total. The van der Waals surface area contributed by atoms with Gasteiger partial charge in [-0.1, -0.05) is 19.1 Å². The highest BCUT2D eigenvalue weighted by molar-refractivity contribution is 5.88. The average molecular weight is 289 g/mol. The van der Waals surface area contributed by atoms with Gasteiger partial charge in [-0.3, -0.25) is 9.59 Å². The van der Waals surface area contributed by atoms with Gasteiger partial charge < -0.3 is 16.0 Å². The van der Waals surface area contributed by atoms with Crippen molar-refractivity contribution in [3.8, 4) is 0 Å². The summed E-state index contributed by atoms with van der Waals surface area (Å²) in [7, 11) is 0. The summed E-state index contributed by atoms with van der Waals surface area (Å²) in [5, 5.41) is 8.96. The standard InChI is InChI=1S/C16H23N3O2/c1-11-4-3-9-17-15(11)16(21)18-10-13-5-7-14(8-6-13)19-12(2)20/h5-8,11,15,17H,3-4,9-10H2,1-2H3,(H,18,21)(H,19,20). The van der Waals surface area contributed by atoms with Crippen LogP contribution in [-0.4, -0.2) is 24.4 Å². The van der Waals surface area contributed by atoms with Gasteiger partial charge in [-0.05, 0) is 43.0 Å². The molecule has 0 saturated carbocycles. The van der Waals surface area contributed by atoms with Gasteiger partial charge in [0.25, 0.3) is 0 Å². The molecule has 0 bridgehead atoms. The summed E-state index contributed by atoms with van der Waals surface area (Å²) < 4.78 is 0. The number of amides is 2. The van der Waals surface area contributed by atoms with E-state index in [0.29, 0.717) is 12.5 Å². The molecule has 0 aliphatic carbocycles. The molecule has 2 unspecified atom stereocenters. The third-order valence-corrected chi connectivity index (χ3v) is 3.79. The maximum Gasteiger partial charge on any atom is 0.237 e. The molecule has 5 heteroatoms. The Balaban J connectivity index is 1.84. The summed E-state index contributed by atoms with van der Waals surface area (Å²) >= 11 is 0. The van der Waals surface area contributed by atoms with Crippen molar-refractivity contribution in [2.45, 2.75) is 39.3 Å². The molecule has 1 fully saturated rings. The largest absolute Gasteiger partial charge is 0.351 e. The van der Waals surface area contributed by atoms with Gasteiger partial charge in [0.2, 0.25) is 11.8 Å². The molecule has 21 heavy (non-hydrogen) atoms. The molecule has 1 saturated heterocycles. The Kier molecular flexibility index (Phi) is 5.33. The SMILES string of the molecule is CC(=O)Nc1ccc(CNC(=O)C2NCCCC2C)cc1. The van der Waals surface area contributed by atoms with Crippen LogP contribution < -0.4 is 16.0 Å². The number of carbonyl (C=O) groups is 2. The van der Waals surface area contributed by atoms with Gasteiger partial charge in [0.1, 0.15) is 0 Å². The molecule has 0 spiro atoms. The van der Waals surface area contributed by atoms with Crippen molar-refractivity contribution < 1.29 is 9.59 Å². The summed E-state index contributed by atoms with van der Waals surface area (Å²) in [5.41, 5.74) is 1.78. The maximum absolute atomic E-state index is 12.2. The van der Waals surface area contributed by atoms with Crippen LogP contribution in [0.5, 0.6) is 0 Å². The number of hydrogen-bond donors (Lipinski definition) is 3. The molecule has 2 amide bonds. The lowest BCUT2D eigenvalue weighted by molar-refractivity contribution is -0.125. The summed E-state index contributed by atoms with van der Waals surface area (Å²) in [6.45, 7) is 5.00. The topological polar surface area (TPSA) is 70.2 Å². The zero-order chi connectivity index (χ0) is 15.2. The Labute approximate surface area is 125 Å². The van der Waals surface area contributed by atoms with Crippen molar-refractivity contribution in [2.24, 2.45) is 5.92 Å². The second-order valence-corrected chi connectivity index (χ2v) is 5.65. The molecule has 1 heterocycles. The number of carbonyl (C=O) groups excluding carboxylic acids is 2. The zero-order valence-electron chi connectivity index (χ0n) is 12.6. The van der Waals surface area contributed by atoms with Gasteiger partial charge in [-0.15, -0.1) is 0 Å². The first-order valence-electron chi connectivity index (χ1n) is 7.44. The van der Waals surface area contributed by atoms with Gasteiger partial charge in [0.15, 0.2) is 0 Å². The predicted molar refractivity (Wildman–Crippen MR) is 82.8 cm³/mol. The molecule has 1 aliphatic heterocycles. The molecule has 114 valence electrons. The molecule has 1 aliphatic rings. The zero-order valence-corrected chi connectivity index (χ0v) is 12.6. The minimum atomic E-state index is -0.0894. The molecular formula is C16H23N3O2. The Hall–Kier alpha value is -1.88. The third-order valence-electron chi connectivity index (χ3n) is 3.79. The van der Waals surface area contributed by atoms with Gasteiger partial charge in [-0.25, -0.2) is 0 Å². The Morgan fingerprint density at radius 1 is 1.29 bits per heavy atom. The van der Waals surface area contributed by atoms with Crippen LogP contribution in [0, 0.1) is 5.92 Å². The van der Waals surface area contributed by atoms with Crippen LogP contribution >= 0.6 is 0 Å². The van der Waals surface area contributed by atoms with E-state index in [2.05, 4.69) is 22.9 Å². The maximum atomic E-state index is 12.2. The van der Waals surface area contributed by atoms with E-state index in [-0.39, 0.29) is 17.9 Å². The van der Waals surface area contributed by atoms with Crippen LogP contribution in [0.15, 0.2) is 24.3 Å². The van der Waals surface area contributed by atoms with Gasteiger partial charge in [-0.2, -0.15) is 0 Å². The van der Waals surface area contributed by atoms with E-state index < -0.39 is 0 Å². The van der Waals surface area contributed by atoms with Gasteiger partial charge in [0.05, 0.1) is 6.04 Å². The van der Waals surface area contributed by atoms with Gasteiger partial charge in [0, 0.05) is 19.2 Å². The van der Waals surface area contributed by atoms with E-state index in [1.54, 1.807) is 0 Å². The molecule has 5 nitrogen and oxygen atoms in total. The molecular weight excluding hydrogens is 266 g/mol. The quantitative estimate of drug-likeness (QED) is 0.789. The van der Waals surface area contributed by atoms with Crippen molar-refractivity contribution in [2.75, 3.05) is 11.9 Å². The lowest BCUT2D eigenvalue weighted by Crippen LogP contribution is -2.50. The summed E-state index contributed by atoms with van der Waals surface area (Å²) in [6.07, 6.45) is 2.23. The lowest BCUT2D eigenvalue weighted by atomic mass is 9.92. The minimum absolute atomic E-state index is 0.0631. The van der Waals surface area contributed by atoms with Crippen molar-refractivity contribution in [1.29, 1.82) is 0 Å². The van der Waals surface area contributed by atoms with E-state index >= 15 is 0 Å². The van der Waals surface area contributed by atoms with E-state index in [0.717, 1.165) is 30.6 Å². The Morgan fingerprint density at radius 3 is 2.62 bits per heavy atom. The first-order valence-corrected chi connectivity index (χ1v) is 7.44. The summed E-state index contributed by atoms with van der Waals surface area (Å²) in [6, 6.07) is 7.40. The van der Waals surface area contributed by atoms with Crippen molar-refractivity contribution >= 4 is 17.5 Å². The fraction of sp³-hybridized carbons (Fsp3) is 0.500. The fourth-order valence-electron chi connectivity index (χ4n) is 2.61. The minimum Gasteiger partial charge on any atom is -0.351 e. The number of hydrogen-bond acceptors (Lipinski definition) is 3. The number of piperidine rings is 1. The van der Waals surface area contributed by atoms with E-state index in [4.69, 9.17) is 0 Å². The molecule has 2 rings (SSSR count). The van der Waals surface area contributed by atoms with Crippen LogP contribution in [0.1, 0.15) is 32.3 Å². The van der Waals surface area contributed by atoms with Crippen molar-refractivity contribution in [3.05, 3.63) is 29.8 Å². The second kappa shape index (κ2) is 7.22. The van der Waals surface area contributed by atoms with Crippen molar-refractivity contribution in [3.63, 3.8) is 0 Å². The highest BCUT2D eigenvalue weighted by Gasteiger charge is 2.26. The van der Waals surface area contributed by atoms with E-state index in [1.165, 1.54) is 6.92 Å². The number of anilines is 1. The number of rotatable bonds is 4. The normalized spacial score (nSPS) is 21.6. The molecule has 1 aromatic rings. The first kappa shape index (κ1) is 15.5. The van der Waals surface area contributed by atoms with Crippen LogP contribution in [-0.2, 0) is 16.1 Å². The van der Waals surface area contributed by atoms with Crippen molar-refractivity contribution in [1.82, 2.24) is 10.6 Å². The second-order valence-electron chi connectivity index (χ2n) is 5.65.